The van der Waals surface area contributed by atoms with Crippen molar-refractivity contribution in [3.63, 3.8) is 0 Å². The highest BCUT2D eigenvalue weighted by Gasteiger charge is 2.19. The molecule has 16 heavy (non-hydrogen) atoms. The smallest absolute Gasteiger partial charge is 0.0656 e. The normalized spacial score (nSPS) is 13.7. The molecule has 1 heteroatoms. The van der Waals surface area contributed by atoms with Crippen LogP contribution in [0.25, 0.3) is 22.9 Å². The van der Waals surface area contributed by atoms with Gasteiger partial charge in [-0.3, -0.25) is 0 Å². The van der Waals surface area contributed by atoms with Crippen LogP contribution in [0.5, 0.6) is 0 Å². The van der Waals surface area contributed by atoms with Crippen LogP contribution in [0.4, 0.5) is 0 Å². The quantitative estimate of drug-likeness (QED) is 0.550. The summed E-state index contributed by atoms with van der Waals surface area (Å²) >= 11 is 0. The maximum Gasteiger partial charge on any atom is 0.0776 e. The molecule has 80 valence electrons. The van der Waals surface area contributed by atoms with Crippen LogP contribution in [0.3, 0.4) is 0 Å². The Kier molecular flexibility index (Phi) is 1.90. The highest BCUT2D eigenvalue weighted by molar-refractivity contribution is 6.88. The standard InChI is InChI=1S/C15H16Si/c1-16(2,3)14-9-12-6-4-5-11-7-8-13(10-14)15(11)12/h4-10H,1-3H3. The molecule has 2 aromatic carbocycles. The summed E-state index contributed by atoms with van der Waals surface area (Å²) in [7, 11) is -1.21. The van der Waals surface area contributed by atoms with Crippen molar-refractivity contribution in [1.82, 2.24) is 0 Å². The Morgan fingerprint density at radius 1 is 0.875 bits per heavy atom. The third-order valence-corrected chi connectivity index (χ3v) is 5.37. The molecule has 0 nitrogen and oxygen atoms in total. The van der Waals surface area contributed by atoms with Gasteiger partial charge < -0.3 is 0 Å². The number of benzene rings is 2. The first-order valence-corrected chi connectivity index (χ1v) is 9.31. The molecule has 2 aromatic rings. The van der Waals surface area contributed by atoms with Gasteiger partial charge in [0.05, 0.1) is 8.07 Å². The van der Waals surface area contributed by atoms with E-state index in [0.717, 1.165) is 0 Å². The van der Waals surface area contributed by atoms with E-state index in [1.54, 1.807) is 5.19 Å². The van der Waals surface area contributed by atoms with Crippen LogP contribution in [0, 0.1) is 0 Å². The average molecular weight is 224 g/mol. The fourth-order valence-electron chi connectivity index (χ4n) is 2.37. The van der Waals surface area contributed by atoms with E-state index in [1.165, 1.54) is 21.9 Å². The van der Waals surface area contributed by atoms with Gasteiger partial charge in [0.1, 0.15) is 0 Å². The second-order valence-electron chi connectivity index (χ2n) is 5.59. The monoisotopic (exact) mass is 224 g/mol. The van der Waals surface area contributed by atoms with Crippen LogP contribution >= 0.6 is 0 Å². The van der Waals surface area contributed by atoms with Crippen molar-refractivity contribution < 1.29 is 0 Å². The zero-order valence-electron chi connectivity index (χ0n) is 10.0. The third kappa shape index (κ3) is 1.35. The van der Waals surface area contributed by atoms with Gasteiger partial charge in [0.15, 0.2) is 0 Å². The van der Waals surface area contributed by atoms with Crippen molar-refractivity contribution in [2.24, 2.45) is 0 Å². The van der Waals surface area contributed by atoms with Gasteiger partial charge in [-0.15, -0.1) is 0 Å². The lowest BCUT2D eigenvalue weighted by Gasteiger charge is -2.18. The molecule has 0 spiro atoms. The second-order valence-corrected chi connectivity index (χ2v) is 10.7. The van der Waals surface area contributed by atoms with Gasteiger partial charge >= 0.3 is 0 Å². The average Bonchev–Trinajstić information content (AvgIpc) is 2.62. The van der Waals surface area contributed by atoms with Gasteiger partial charge in [0, 0.05) is 0 Å². The van der Waals surface area contributed by atoms with E-state index in [2.05, 4.69) is 62.1 Å². The topological polar surface area (TPSA) is 0 Å². The first-order chi connectivity index (χ1) is 7.55. The fourth-order valence-corrected chi connectivity index (χ4v) is 3.55. The van der Waals surface area contributed by atoms with Crippen LogP contribution in [0.1, 0.15) is 11.1 Å². The van der Waals surface area contributed by atoms with E-state index in [9.17, 15) is 0 Å². The fraction of sp³-hybridized carbons (Fsp3) is 0.200. The van der Waals surface area contributed by atoms with Crippen molar-refractivity contribution in [3.05, 3.63) is 41.5 Å². The third-order valence-electron chi connectivity index (χ3n) is 3.35. The lowest BCUT2D eigenvalue weighted by Crippen LogP contribution is -2.37. The second kappa shape index (κ2) is 3.08. The number of rotatable bonds is 1. The molecular weight excluding hydrogens is 208 g/mol. The highest BCUT2D eigenvalue weighted by Crippen LogP contribution is 2.30. The molecule has 0 bridgehead atoms. The summed E-state index contributed by atoms with van der Waals surface area (Å²) in [6.07, 6.45) is 4.48. The van der Waals surface area contributed by atoms with E-state index >= 15 is 0 Å². The Balaban J connectivity index is 2.38. The first-order valence-electron chi connectivity index (χ1n) is 5.81. The van der Waals surface area contributed by atoms with Gasteiger partial charge in [-0.05, 0) is 21.9 Å². The molecule has 0 aliphatic heterocycles. The Bertz CT molecular complexity index is 601. The number of hydrogen-bond donors (Lipinski definition) is 0. The molecule has 1 aliphatic rings. The SMILES string of the molecule is C[Si](C)(C)c1cc2c3c(cccc3c1)C=C2. The predicted molar refractivity (Wildman–Crippen MR) is 75.9 cm³/mol. The first kappa shape index (κ1) is 9.85. The molecule has 0 radical (unpaired) electrons. The zero-order valence-corrected chi connectivity index (χ0v) is 11.0. The summed E-state index contributed by atoms with van der Waals surface area (Å²) in [5.41, 5.74) is 2.78. The highest BCUT2D eigenvalue weighted by atomic mass is 28.3. The summed E-state index contributed by atoms with van der Waals surface area (Å²) in [6, 6.07) is 11.4. The van der Waals surface area contributed by atoms with Gasteiger partial charge in [0.2, 0.25) is 0 Å². The van der Waals surface area contributed by atoms with E-state index in [-0.39, 0.29) is 0 Å². The molecule has 0 N–H and O–H groups in total. The van der Waals surface area contributed by atoms with Crippen LogP contribution in [0.2, 0.25) is 19.6 Å². The maximum atomic E-state index is 2.41. The molecule has 0 fully saturated rings. The van der Waals surface area contributed by atoms with Crippen LogP contribution in [0.15, 0.2) is 30.3 Å². The summed E-state index contributed by atoms with van der Waals surface area (Å²) in [5.74, 6) is 0. The molecule has 0 heterocycles. The molecule has 0 amide bonds. The van der Waals surface area contributed by atoms with Crippen molar-refractivity contribution in [3.8, 4) is 0 Å². The number of hydrogen-bond acceptors (Lipinski definition) is 0. The van der Waals surface area contributed by atoms with Crippen molar-refractivity contribution >= 4 is 36.2 Å². The van der Waals surface area contributed by atoms with Gasteiger partial charge in [0.25, 0.3) is 0 Å². The van der Waals surface area contributed by atoms with Crippen molar-refractivity contribution in [1.29, 1.82) is 0 Å². The Labute approximate surface area is 97.6 Å². The van der Waals surface area contributed by atoms with E-state index in [0.29, 0.717) is 0 Å². The largest absolute Gasteiger partial charge is 0.0776 e. The molecule has 0 unspecified atom stereocenters. The molecule has 1 aliphatic carbocycles. The molecule has 0 saturated carbocycles. The summed E-state index contributed by atoms with van der Waals surface area (Å²) in [6.45, 7) is 7.22. The molecular formula is C15H16Si. The van der Waals surface area contributed by atoms with Gasteiger partial charge in [-0.25, -0.2) is 0 Å². The zero-order chi connectivity index (χ0) is 11.3. The minimum atomic E-state index is -1.21. The summed E-state index contributed by atoms with van der Waals surface area (Å²) < 4.78 is 0. The summed E-state index contributed by atoms with van der Waals surface area (Å²) in [4.78, 5) is 0. The van der Waals surface area contributed by atoms with E-state index < -0.39 is 8.07 Å². The molecule has 0 saturated heterocycles. The van der Waals surface area contributed by atoms with Crippen molar-refractivity contribution in [2.45, 2.75) is 19.6 Å². The molecule has 0 aromatic heterocycles. The van der Waals surface area contributed by atoms with Gasteiger partial charge in [-0.1, -0.05) is 67.3 Å². The lowest BCUT2D eigenvalue weighted by atomic mass is 10.0. The minimum Gasteiger partial charge on any atom is -0.0656 e. The van der Waals surface area contributed by atoms with E-state index in [4.69, 9.17) is 0 Å². The minimum absolute atomic E-state index is 1.21. The Morgan fingerprint density at radius 3 is 2.38 bits per heavy atom. The lowest BCUT2D eigenvalue weighted by molar-refractivity contribution is 1.69. The van der Waals surface area contributed by atoms with Crippen LogP contribution in [-0.2, 0) is 0 Å². The maximum absolute atomic E-state index is 2.41. The Hall–Kier alpha value is -1.34. The molecule has 3 rings (SSSR count). The van der Waals surface area contributed by atoms with Crippen LogP contribution < -0.4 is 5.19 Å². The van der Waals surface area contributed by atoms with Crippen molar-refractivity contribution in [2.75, 3.05) is 0 Å². The van der Waals surface area contributed by atoms with Gasteiger partial charge in [-0.2, -0.15) is 0 Å². The predicted octanol–water partition coefficient (Wildman–Crippen LogP) is 3.87. The summed E-state index contributed by atoms with van der Waals surface area (Å²) in [5, 5.41) is 4.39. The van der Waals surface area contributed by atoms with E-state index in [1.807, 2.05) is 0 Å². The van der Waals surface area contributed by atoms with Crippen LogP contribution in [-0.4, -0.2) is 8.07 Å². The molecule has 0 atom stereocenters. The Morgan fingerprint density at radius 2 is 1.62 bits per heavy atom.